The summed E-state index contributed by atoms with van der Waals surface area (Å²) < 4.78 is 3.53. The molecule has 6 saturated heterocycles. The third-order valence-electron chi connectivity index (χ3n) is 27.1. The average molecular weight is 1640 g/mol. The predicted octanol–water partition coefficient (Wildman–Crippen LogP) is 9.61. The fraction of sp³-hybridized carbons (Fsp3) is 0.511. The number of aryl methyl sites for hydroxylation is 2. The van der Waals surface area contributed by atoms with Gasteiger partial charge in [0.1, 0.15) is 35.0 Å². The monoisotopic (exact) mass is 1630 g/mol. The number of benzene rings is 2. The number of ketones is 2. The van der Waals surface area contributed by atoms with Gasteiger partial charge in [-0.1, -0.05) is 25.7 Å². The van der Waals surface area contributed by atoms with E-state index < -0.39 is 12.1 Å². The van der Waals surface area contributed by atoms with Gasteiger partial charge < -0.3 is 29.4 Å². The molecule has 2 N–H and O–H groups in total. The molecule has 8 aromatic rings. The van der Waals surface area contributed by atoms with E-state index >= 15 is 0 Å². The Morgan fingerprint density at radius 2 is 0.798 bits per heavy atom. The van der Waals surface area contributed by atoms with Crippen molar-refractivity contribution in [3.05, 3.63) is 174 Å². The van der Waals surface area contributed by atoms with E-state index in [1.807, 2.05) is 62.6 Å². The Morgan fingerprint density at radius 1 is 0.429 bits per heavy atom. The highest BCUT2D eigenvalue weighted by Gasteiger charge is 2.42. The van der Waals surface area contributed by atoms with Crippen molar-refractivity contribution in [2.45, 2.75) is 193 Å². The Hall–Kier alpha value is -10.7. The Morgan fingerprint density at radius 3 is 1.15 bits per heavy atom. The molecule has 2 aromatic carbocycles. The van der Waals surface area contributed by atoms with Crippen molar-refractivity contribution in [3.63, 3.8) is 0 Å². The maximum absolute atomic E-state index is 13.6. The first-order valence-electron chi connectivity index (χ1n) is 42.9. The Labute approximate surface area is 698 Å². The second-order valence-corrected chi connectivity index (χ2v) is 34.3. The van der Waals surface area contributed by atoms with Gasteiger partial charge in [-0.05, 0) is 213 Å². The van der Waals surface area contributed by atoms with Crippen LogP contribution in [0, 0.1) is 25.7 Å². The number of hydrogen-bond acceptors (Lipinski definition) is 22. The molecule has 28 nitrogen and oxygen atoms in total. The smallest absolute Gasteiger partial charge is 0.263 e. The number of imide groups is 2. The molecule has 0 bridgehead atoms. The minimum atomic E-state index is -0.594. The number of aromatic nitrogens is 8. The molecular weight excluding hydrogens is 1530 g/mol. The zero-order valence-corrected chi connectivity index (χ0v) is 69.5. The summed E-state index contributed by atoms with van der Waals surface area (Å²) in [7, 11) is 0. The number of halogens is 1. The van der Waals surface area contributed by atoms with Gasteiger partial charge in [0.25, 0.3) is 22.9 Å². The number of carbonyl (C=O) groups is 8. The normalized spacial score (nSPS) is 20.6. The quantitative estimate of drug-likeness (QED) is 0.0529. The minimum absolute atomic E-state index is 0. The summed E-state index contributed by atoms with van der Waals surface area (Å²) in [6.45, 7) is 21.4. The second-order valence-electron chi connectivity index (χ2n) is 34.3. The van der Waals surface area contributed by atoms with E-state index in [0.29, 0.717) is 95.8 Å². The van der Waals surface area contributed by atoms with Gasteiger partial charge in [-0.3, -0.25) is 87.5 Å². The van der Waals surface area contributed by atoms with E-state index in [2.05, 4.69) is 74.3 Å². The fourth-order valence-corrected chi connectivity index (χ4v) is 20.1. The molecule has 2 saturated carbocycles. The molecule has 29 heteroatoms. The van der Waals surface area contributed by atoms with Gasteiger partial charge >= 0.3 is 0 Å². The van der Waals surface area contributed by atoms with Crippen molar-refractivity contribution >= 4 is 104 Å². The van der Waals surface area contributed by atoms with Gasteiger partial charge in [0.05, 0.1) is 47.7 Å². The van der Waals surface area contributed by atoms with Crippen molar-refractivity contribution in [3.8, 4) is 0 Å². The molecule has 18 rings (SSSR count). The fourth-order valence-electron chi connectivity index (χ4n) is 20.1. The number of fused-ring (bicyclic) bond motifs is 4. The van der Waals surface area contributed by atoms with E-state index in [9.17, 15) is 47.9 Å². The molecule has 6 aromatic heterocycles. The molecule has 119 heavy (non-hydrogen) atoms. The second kappa shape index (κ2) is 35.3. The number of rotatable bonds is 20. The number of carbonyl (C=O) groups excluding carboxylic acids is 8. The number of nitrogens with zero attached hydrogens (tertiary/aromatic N) is 16. The molecule has 2 atom stereocenters. The first-order chi connectivity index (χ1) is 57.2. The number of amides is 6. The van der Waals surface area contributed by atoms with Gasteiger partial charge in [0.2, 0.25) is 23.6 Å². The van der Waals surface area contributed by atoms with Crippen LogP contribution in [0.25, 0.3) is 22.1 Å². The Bertz CT molecular complexity index is 5050. The lowest BCUT2D eigenvalue weighted by Gasteiger charge is -2.38. The lowest BCUT2D eigenvalue weighted by molar-refractivity contribution is -0.138. The van der Waals surface area contributed by atoms with E-state index in [1.165, 1.54) is 26.7 Å². The van der Waals surface area contributed by atoms with Crippen LogP contribution in [-0.4, -0.2) is 209 Å². The van der Waals surface area contributed by atoms with Crippen LogP contribution in [0.4, 0.5) is 22.7 Å². The maximum Gasteiger partial charge on any atom is 0.263 e. The minimum Gasteiger partial charge on any atom is -0.372 e. The number of pyridine rings is 4. The lowest BCUT2D eigenvalue weighted by Crippen LogP contribution is -2.52. The number of piperidine rings is 4. The third-order valence-corrected chi connectivity index (χ3v) is 27.1. The molecule has 6 amide bonds. The van der Waals surface area contributed by atoms with Crippen LogP contribution in [0.1, 0.15) is 228 Å². The van der Waals surface area contributed by atoms with Crippen LogP contribution in [0.3, 0.4) is 0 Å². The standard InChI is InChI=1S/2C45H53N9O5.ClH/c2*1-28-37-26-47-39(48-42(37)54(33-5-3-4-6-33)45(59)41(28)29(2)55)24-32-7-8-35(25-46-32)52-21-19-50(20-22-52)16-13-30-14-17-51(18-15-30)34-9-10-36-31(23-34)27-53(44(36)58)38-11-12-40(56)49-43(38)57;/h2*7-10,23,25-26,30,33,38H,3-6,11-22,24,27H2,1-2H3,(H,49,56,57);1H. The maximum atomic E-state index is 13.6. The molecule has 2 unspecified atom stereocenters. The van der Waals surface area contributed by atoms with E-state index in [1.54, 1.807) is 31.3 Å². The average Bonchev–Trinajstić information content (AvgIpc) is 1.30. The molecule has 2 aliphatic carbocycles. The van der Waals surface area contributed by atoms with Gasteiger partial charge in [0, 0.05) is 174 Å². The number of nitrogens with one attached hydrogen (secondary N) is 2. The molecule has 8 aliphatic heterocycles. The van der Waals surface area contributed by atoms with Crippen molar-refractivity contribution in [2.75, 3.05) is 111 Å². The number of piperazine rings is 2. The number of Topliss-reactive ketones (excluding diaryl/α,β-unsaturated/α-hetero) is 2. The zero-order chi connectivity index (χ0) is 81.6. The van der Waals surface area contributed by atoms with Crippen LogP contribution in [-0.2, 0) is 45.1 Å². The lowest BCUT2D eigenvalue weighted by atomic mass is 9.92. The summed E-state index contributed by atoms with van der Waals surface area (Å²) in [6.07, 6.45) is 24.4. The summed E-state index contributed by atoms with van der Waals surface area (Å²) in [4.78, 5) is 173. The molecule has 624 valence electrons. The first-order valence-corrected chi connectivity index (χ1v) is 42.9. The molecule has 10 aliphatic rings. The highest BCUT2D eigenvalue weighted by molar-refractivity contribution is 6.07. The van der Waals surface area contributed by atoms with Crippen molar-refractivity contribution in [2.24, 2.45) is 11.8 Å². The molecule has 14 heterocycles. The van der Waals surface area contributed by atoms with Gasteiger partial charge in [-0.25, -0.2) is 19.9 Å². The highest BCUT2D eigenvalue weighted by Crippen LogP contribution is 2.38. The van der Waals surface area contributed by atoms with Crippen LogP contribution in [0.2, 0.25) is 0 Å². The van der Waals surface area contributed by atoms with Crippen LogP contribution in [0.5, 0.6) is 0 Å². The molecular formula is C90H107ClN18O10. The van der Waals surface area contributed by atoms with Gasteiger partial charge in [-0.2, -0.15) is 0 Å². The van der Waals surface area contributed by atoms with Gasteiger partial charge in [0.15, 0.2) is 11.6 Å². The topological polar surface area (TPSA) is 308 Å². The highest BCUT2D eigenvalue weighted by atomic mass is 35.5. The molecule has 0 spiro atoms. The third kappa shape index (κ3) is 17.2. The molecule has 8 fully saturated rings. The van der Waals surface area contributed by atoms with Crippen LogP contribution < -0.4 is 41.4 Å². The SMILES string of the molecule is CC(=O)c1c(C)c2cnc(Cc3ccc(N4CCN(CCC5CCN(c6ccc7c(c6)CN(C6CCC(=O)NC6=O)C7=O)CC5)CC4)cn3)nc2n(C2CCCC2)c1=O.CC(=O)c1c(C)c2cnc(Cc3ccc(N4CCN(CCC5CCN(c6ccc7c(c6)CN(C6CCC(=O)NC6=O)C7=O)CC5)CC4)cn3)nc2n(C2CCCC2)c1=O.Cl. The predicted molar refractivity (Wildman–Crippen MR) is 455 cm³/mol. The Balaban J connectivity index is 0.000000176. The largest absolute Gasteiger partial charge is 0.372 e. The van der Waals surface area contributed by atoms with E-state index in [-0.39, 0.29) is 107 Å². The summed E-state index contributed by atoms with van der Waals surface area (Å²) in [5.74, 6) is 0.586. The Kier molecular flexibility index (Phi) is 24.3. The first kappa shape index (κ1) is 82.0. The summed E-state index contributed by atoms with van der Waals surface area (Å²) >= 11 is 0. The van der Waals surface area contributed by atoms with E-state index in [0.717, 1.165) is 225 Å². The summed E-state index contributed by atoms with van der Waals surface area (Å²) in [5.41, 5.74) is 12.0. The van der Waals surface area contributed by atoms with E-state index in [4.69, 9.17) is 19.9 Å². The van der Waals surface area contributed by atoms with Crippen molar-refractivity contribution in [1.82, 2.24) is 69.3 Å². The van der Waals surface area contributed by atoms with Crippen molar-refractivity contribution in [1.29, 1.82) is 0 Å². The summed E-state index contributed by atoms with van der Waals surface area (Å²) in [5, 5.41) is 6.28. The van der Waals surface area contributed by atoms with Gasteiger partial charge in [-0.15, -0.1) is 12.4 Å². The zero-order valence-electron chi connectivity index (χ0n) is 68.6. The number of hydrogen-bond donors (Lipinski definition) is 2. The molecule has 0 radical (unpaired) electrons. The number of anilines is 4. The van der Waals surface area contributed by atoms with Crippen LogP contribution >= 0.6 is 12.4 Å². The van der Waals surface area contributed by atoms with Crippen LogP contribution in [0.15, 0.2) is 95.0 Å². The summed E-state index contributed by atoms with van der Waals surface area (Å²) in [6, 6.07) is 19.4. The van der Waals surface area contributed by atoms with Crippen molar-refractivity contribution < 1.29 is 38.4 Å².